The van der Waals surface area contributed by atoms with Crippen molar-refractivity contribution in [3.63, 3.8) is 0 Å². The van der Waals surface area contributed by atoms with E-state index < -0.39 is 5.25 Å². The molecule has 1 N–H and O–H groups in total. The number of benzene rings is 1. The topological polar surface area (TPSA) is 54.4 Å². The van der Waals surface area contributed by atoms with Crippen molar-refractivity contribution >= 4 is 25.2 Å². The first-order valence-corrected chi connectivity index (χ1v) is 4.58. The smallest absolute Gasteiger partial charge is 0.151 e. The van der Waals surface area contributed by atoms with Crippen LogP contribution in [0.3, 0.4) is 0 Å². The maximum absolute atomic E-state index is 10.8. The largest absolute Gasteiger partial charge is 0.395 e. The summed E-state index contributed by atoms with van der Waals surface area (Å²) < 4.78 is 0. The van der Waals surface area contributed by atoms with Gasteiger partial charge in [-0.05, 0) is 5.56 Å². The van der Waals surface area contributed by atoms with Gasteiger partial charge in [-0.2, -0.15) is 12.6 Å². The fraction of sp³-hybridized carbons (Fsp3) is 0.200. The predicted octanol–water partition coefficient (Wildman–Crippen LogP) is 1.27. The average Bonchev–Trinajstić information content (AvgIpc) is 2.26. The minimum absolute atomic E-state index is 0.174. The third-order valence-electron chi connectivity index (χ3n) is 1.95. The fourth-order valence-corrected chi connectivity index (χ4v) is 1.45. The second-order valence-corrected chi connectivity index (χ2v) is 3.41. The van der Waals surface area contributed by atoms with Gasteiger partial charge in [0.1, 0.15) is 0 Å². The van der Waals surface area contributed by atoms with Crippen molar-refractivity contribution in [2.24, 2.45) is 0 Å². The number of hydrogen-bond donors (Lipinski definition) is 2. The molecular formula is C10H10O3S. The van der Waals surface area contributed by atoms with Gasteiger partial charge in [-0.25, -0.2) is 0 Å². The van der Waals surface area contributed by atoms with E-state index in [2.05, 4.69) is 12.6 Å². The number of aliphatic hydroxyl groups excluding tert-OH is 1. The molecule has 0 bridgehead atoms. The van der Waals surface area contributed by atoms with Crippen molar-refractivity contribution in [1.82, 2.24) is 0 Å². The zero-order valence-corrected chi connectivity index (χ0v) is 8.28. The molecule has 1 unspecified atom stereocenters. The molecule has 0 amide bonds. The zero-order chi connectivity index (χ0) is 10.6. The van der Waals surface area contributed by atoms with Crippen LogP contribution in [0, 0.1) is 0 Å². The van der Waals surface area contributed by atoms with E-state index in [1.54, 1.807) is 18.2 Å². The molecule has 0 heterocycles. The Kier molecular flexibility index (Phi) is 3.85. The summed E-state index contributed by atoms with van der Waals surface area (Å²) in [6.07, 6.45) is 1.23. The number of carbonyl (C=O) groups is 2. The molecule has 0 aliphatic heterocycles. The number of thiol groups is 1. The van der Waals surface area contributed by atoms with Crippen LogP contribution in [0.2, 0.25) is 0 Å². The van der Waals surface area contributed by atoms with Crippen LogP contribution < -0.4 is 0 Å². The number of hydrogen-bond acceptors (Lipinski definition) is 4. The molecule has 14 heavy (non-hydrogen) atoms. The van der Waals surface area contributed by atoms with Crippen LogP contribution in [0.25, 0.3) is 0 Å². The van der Waals surface area contributed by atoms with Crippen LogP contribution in [0.1, 0.15) is 31.5 Å². The molecular weight excluding hydrogens is 200 g/mol. The molecule has 1 atom stereocenters. The van der Waals surface area contributed by atoms with Crippen molar-refractivity contribution in [3.05, 3.63) is 34.9 Å². The van der Waals surface area contributed by atoms with E-state index in [0.29, 0.717) is 29.3 Å². The lowest BCUT2D eigenvalue weighted by Gasteiger charge is -2.11. The second-order valence-electron chi connectivity index (χ2n) is 2.78. The van der Waals surface area contributed by atoms with Crippen LogP contribution in [0.15, 0.2) is 18.2 Å². The molecule has 0 aromatic heterocycles. The third kappa shape index (κ3) is 2.02. The molecule has 0 saturated heterocycles. The highest BCUT2D eigenvalue weighted by atomic mass is 32.1. The summed E-state index contributed by atoms with van der Waals surface area (Å²) in [4.78, 5) is 21.4. The maximum Gasteiger partial charge on any atom is 0.151 e. The molecule has 0 saturated carbocycles. The highest BCUT2D eigenvalue weighted by Gasteiger charge is 2.12. The second kappa shape index (κ2) is 4.93. The van der Waals surface area contributed by atoms with E-state index in [9.17, 15) is 9.59 Å². The standard InChI is InChI=1S/C10H10O3S/c11-4-7-2-1-3-8(9(7)5-12)10(14)6-13/h1-5,10,13-14H,6H2. The number of carbonyl (C=O) groups excluding carboxylic acids is 2. The van der Waals surface area contributed by atoms with Crippen LogP contribution in [-0.2, 0) is 0 Å². The minimum atomic E-state index is -0.435. The average molecular weight is 210 g/mol. The molecule has 1 aromatic rings. The van der Waals surface area contributed by atoms with Gasteiger partial charge in [-0.3, -0.25) is 9.59 Å². The minimum Gasteiger partial charge on any atom is -0.395 e. The Balaban J connectivity index is 3.28. The van der Waals surface area contributed by atoms with Gasteiger partial charge in [-0.15, -0.1) is 0 Å². The van der Waals surface area contributed by atoms with Crippen molar-refractivity contribution in [3.8, 4) is 0 Å². The lowest BCUT2D eigenvalue weighted by Crippen LogP contribution is -2.03. The molecule has 1 aromatic carbocycles. The third-order valence-corrected chi connectivity index (χ3v) is 2.39. The van der Waals surface area contributed by atoms with Crippen molar-refractivity contribution in [1.29, 1.82) is 0 Å². The normalized spacial score (nSPS) is 12.1. The maximum atomic E-state index is 10.8. The Bertz CT molecular complexity index is 349. The van der Waals surface area contributed by atoms with Gasteiger partial charge in [0.15, 0.2) is 12.6 Å². The molecule has 0 radical (unpaired) electrons. The Morgan fingerprint density at radius 2 is 2.07 bits per heavy atom. The van der Waals surface area contributed by atoms with E-state index in [1.807, 2.05) is 0 Å². The Hall–Kier alpha value is -1.13. The quantitative estimate of drug-likeness (QED) is 0.581. The van der Waals surface area contributed by atoms with Gasteiger partial charge in [-0.1, -0.05) is 18.2 Å². The Morgan fingerprint density at radius 1 is 1.36 bits per heavy atom. The first-order valence-electron chi connectivity index (χ1n) is 4.06. The summed E-state index contributed by atoms with van der Waals surface area (Å²) in [7, 11) is 0. The number of rotatable bonds is 4. The van der Waals surface area contributed by atoms with E-state index >= 15 is 0 Å². The van der Waals surface area contributed by atoms with Crippen molar-refractivity contribution in [2.75, 3.05) is 6.61 Å². The fourth-order valence-electron chi connectivity index (χ4n) is 1.23. The molecule has 0 spiro atoms. The van der Waals surface area contributed by atoms with Gasteiger partial charge < -0.3 is 5.11 Å². The van der Waals surface area contributed by atoms with Gasteiger partial charge in [0.05, 0.1) is 11.9 Å². The number of aldehydes is 2. The van der Waals surface area contributed by atoms with E-state index in [1.165, 1.54) is 0 Å². The summed E-state index contributed by atoms with van der Waals surface area (Å²) in [6, 6.07) is 4.88. The molecule has 1 rings (SSSR count). The van der Waals surface area contributed by atoms with Crippen molar-refractivity contribution < 1.29 is 14.7 Å². The molecule has 3 nitrogen and oxygen atoms in total. The molecule has 0 aliphatic carbocycles. The van der Waals surface area contributed by atoms with Crippen LogP contribution in [-0.4, -0.2) is 24.3 Å². The summed E-state index contributed by atoms with van der Waals surface area (Å²) in [6.45, 7) is -0.174. The highest BCUT2D eigenvalue weighted by Crippen LogP contribution is 2.23. The lowest BCUT2D eigenvalue weighted by atomic mass is 10.0. The first-order chi connectivity index (χ1) is 6.74. The van der Waals surface area contributed by atoms with Crippen LogP contribution in [0.5, 0.6) is 0 Å². The number of aliphatic hydroxyl groups is 1. The SMILES string of the molecule is O=Cc1cccc(C(S)CO)c1C=O. The van der Waals surface area contributed by atoms with E-state index in [0.717, 1.165) is 0 Å². The first kappa shape index (κ1) is 10.9. The highest BCUT2D eigenvalue weighted by molar-refractivity contribution is 7.80. The monoisotopic (exact) mass is 210 g/mol. The lowest BCUT2D eigenvalue weighted by molar-refractivity contribution is 0.109. The van der Waals surface area contributed by atoms with Gasteiger partial charge in [0, 0.05) is 11.1 Å². The van der Waals surface area contributed by atoms with Crippen molar-refractivity contribution in [2.45, 2.75) is 5.25 Å². The summed E-state index contributed by atoms with van der Waals surface area (Å²) >= 11 is 4.10. The summed E-state index contributed by atoms with van der Waals surface area (Å²) in [5, 5.41) is 8.46. The van der Waals surface area contributed by atoms with Gasteiger partial charge in [0.25, 0.3) is 0 Å². The Labute approximate surface area is 87.2 Å². The predicted molar refractivity (Wildman–Crippen MR) is 56.0 cm³/mol. The van der Waals surface area contributed by atoms with Crippen LogP contribution in [0.4, 0.5) is 0 Å². The van der Waals surface area contributed by atoms with Gasteiger partial charge in [0.2, 0.25) is 0 Å². The molecule has 0 aliphatic rings. The van der Waals surface area contributed by atoms with E-state index in [-0.39, 0.29) is 6.61 Å². The summed E-state index contributed by atoms with van der Waals surface area (Å²) in [5.74, 6) is 0. The Morgan fingerprint density at radius 3 is 2.57 bits per heavy atom. The summed E-state index contributed by atoms with van der Waals surface area (Å²) in [5.41, 5.74) is 1.21. The molecule has 0 fully saturated rings. The zero-order valence-electron chi connectivity index (χ0n) is 7.38. The van der Waals surface area contributed by atoms with Crippen LogP contribution >= 0.6 is 12.6 Å². The van der Waals surface area contributed by atoms with Gasteiger partial charge >= 0.3 is 0 Å². The van der Waals surface area contributed by atoms with E-state index in [4.69, 9.17) is 5.11 Å². The molecule has 74 valence electrons. The molecule has 4 heteroatoms.